The molecule has 2 N–H and O–H groups in total. The predicted octanol–water partition coefficient (Wildman–Crippen LogP) is 6.86. The lowest BCUT2D eigenvalue weighted by Gasteiger charge is -2.32. The molecular weight excluding hydrogens is 522 g/mol. The van der Waals surface area contributed by atoms with Gasteiger partial charge in [0.05, 0.1) is 11.4 Å². The van der Waals surface area contributed by atoms with Gasteiger partial charge in [-0.05, 0) is 57.2 Å². The normalized spacial score (nSPS) is 12.0. The van der Waals surface area contributed by atoms with Gasteiger partial charge in [0.25, 0.3) is 10.0 Å². The molecule has 36 heavy (non-hydrogen) atoms. The van der Waals surface area contributed by atoms with Crippen LogP contribution < -0.4 is 9.62 Å². The number of amides is 1. The van der Waals surface area contributed by atoms with E-state index in [1.165, 1.54) is 28.8 Å². The number of halogens is 1. The first-order valence-electron chi connectivity index (χ1n) is 10.9. The average Bonchev–Trinajstić information content (AvgIpc) is 3.23. The third kappa shape index (κ3) is 5.77. The molecule has 0 saturated carbocycles. The van der Waals surface area contributed by atoms with Crippen molar-refractivity contribution < 1.29 is 22.7 Å². The van der Waals surface area contributed by atoms with E-state index in [0.29, 0.717) is 43.8 Å². The fourth-order valence-electron chi connectivity index (χ4n) is 3.54. The van der Waals surface area contributed by atoms with Crippen LogP contribution in [0.3, 0.4) is 0 Å². The molecule has 0 bridgehead atoms. The van der Waals surface area contributed by atoms with Crippen molar-refractivity contribution >= 4 is 62.0 Å². The summed E-state index contributed by atoms with van der Waals surface area (Å²) in [5, 5.41) is 10.5. The van der Waals surface area contributed by atoms with E-state index in [4.69, 9.17) is 16.0 Å². The molecule has 2 heterocycles. The molecule has 0 unspecified atom stereocenters. The molecule has 0 radical (unpaired) electrons. The van der Waals surface area contributed by atoms with Gasteiger partial charge < -0.3 is 9.52 Å². The Balaban J connectivity index is 1.57. The van der Waals surface area contributed by atoms with Crippen molar-refractivity contribution in [3.63, 3.8) is 0 Å². The molecule has 2 aromatic heterocycles. The van der Waals surface area contributed by atoms with Crippen LogP contribution in [0.5, 0.6) is 0 Å². The molecule has 2 aromatic carbocycles. The van der Waals surface area contributed by atoms with Crippen LogP contribution in [0, 0.1) is 0 Å². The summed E-state index contributed by atoms with van der Waals surface area (Å²) in [6.07, 6.45) is -1.10. The summed E-state index contributed by atoms with van der Waals surface area (Å²) >= 11 is 7.50. The number of nitrogens with zero attached hydrogens (tertiary/aromatic N) is 2. The van der Waals surface area contributed by atoms with Crippen molar-refractivity contribution in [3.05, 3.63) is 77.4 Å². The summed E-state index contributed by atoms with van der Waals surface area (Å²) < 4.78 is 34.2. The number of aromatic nitrogens is 1. The fourth-order valence-corrected chi connectivity index (χ4v) is 5.72. The first-order chi connectivity index (χ1) is 16.9. The number of furan rings is 1. The van der Waals surface area contributed by atoms with Crippen molar-refractivity contribution in [1.29, 1.82) is 0 Å². The Labute approximate surface area is 218 Å². The predicted molar refractivity (Wildman–Crippen MR) is 143 cm³/mol. The molecule has 8 nitrogen and oxygen atoms in total. The first kappa shape index (κ1) is 25.9. The van der Waals surface area contributed by atoms with Crippen LogP contribution in [0.2, 0.25) is 5.02 Å². The highest BCUT2D eigenvalue weighted by Crippen LogP contribution is 2.34. The molecule has 0 aliphatic rings. The lowest BCUT2D eigenvalue weighted by molar-refractivity contribution is 0.195. The zero-order chi connectivity index (χ0) is 26.1. The van der Waals surface area contributed by atoms with Crippen LogP contribution in [0.4, 0.5) is 16.3 Å². The maximum atomic E-state index is 13.1. The van der Waals surface area contributed by atoms with E-state index < -0.39 is 21.7 Å². The zero-order valence-corrected chi connectivity index (χ0v) is 22.1. The smallest absolute Gasteiger partial charge is 0.413 e. The van der Waals surface area contributed by atoms with Crippen LogP contribution in [-0.4, -0.2) is 30.1 Å². The van der Waals surface area contributed by atoms with Crippen molar-refractivity contribution in [2.75, 3.05) is 9.62 Å². The number of sulfonamides is 1. The third-order valence-electron chi connectivity index (χ3n) is 5.11. The van der Waals surface area contributed by atoms with Gasteiger partial charge in [-0.15, -0.1) is 11.8 Å². The highest BCUT2D eigenvalue weighted by Gasteiger charge is 2.29. The van der Waals surface area contributed by atoms with E-state index in [1.807, 2.05) is 0 Å². The lowest BCUT2D eigenvalue weighted by Crippen LogP contribution is -2.45. The van der Waals surface area contributed by atoms with E-state index in [2.05, 4.69) is 9.71 Å². The van der Waals surface area contributed by atoms with Gasteiger partial charge in [0.1, 0.15) is 11.4 Å². The van der Waals surface area contributed by atoms with Crippen molar-refractivity contribution in [2.24, 2.45) is 0 Å². The van der Waals surface area contributed by atoms with Gasteiger partial charge in [-0.3, -0.25) is 9.62 Å². The van der Waals surface area contributed by atoms with Gasteiger partial charge in [0.15, 0.2) is 0 Å². The second kappa shape index (κ2) is 10.0. The number of fused-ring (bicyclic) bond motifs is 1. The average molecular weight is 546 g/mol. The summed E-state index contributed by atoms with van der Waals surface area (Å²) in [6, 6.07) is 18.6. The van der Waals surface area contributed by atoms with Crippen molar-refractivity contribution in [3.8, 4) is 0 Å². The summed E-state index contributed by atoms with van der Waals surface area (Å²) in [7, 11) is -4.02. The van der Waals surface area contributed by atoms with Gasteiger partial charge in [0, 0.05) is 32.7 Å². The molecule has 0 saturated heterocycles. The summed E-state index contributed by atoms with van der Waals surface area (Å²) in [5.74, 6) is 0.682. The molecule has 188 valence electrons. The van der Waals surface area contributed by atoms with Crippen molar-refractivity contribution in [1.82, 2.24) is 4.98 Å². The maximum absolute atomic E-state index is 13.1. The Bertz CT molecular complexity index is 1500. The number of nitrogens with one attached hydrogen (secondary N) is 1. The van der Waals surface area contributed by atoms with E-state index in [9.17, 15) is 18.3 Å². The second-order valence-corrected chi connectivity index (χ2v) is 12.0. The van der Waals surface area contributed by atoms with Gasteiger partial charge in [-0.25, -0.2) is 9.78 Å². The number of carboxylic acid groups (broad SMARTS) is 1. The molecule has 4 aromatic rings. The fraction of sp³-hybridized carbons (Fsp3) is 0.200. The van der Waals surface area contributed by atoms with Crippen molar-refractivity contribution in [2.45, 2.75) is 42.1 Å². The van der Waals surface area contributed by atoms with E-state index in [-0.39, 0.29) is 5.09 Å². The van der Waals surface area contributed by atoms with Gasteiger partial charge in [-0.1, -0.05) is 35.9 Å². The van der Waals surface area contributed by atoms with Crippen LogP contribution in [0.1, 0.15) is 26.5 Å². The number of hydrogen-bond donors (Lipinski definition) is 2. The number of hydrogen-bond acceptors (Lipinski definition) is 6. The summed E-state index contributed by atoms with van der Waals surface area (Å²) in [5.41, 5.74) is 0.721. The summed E-state index contributed by atoms with van der Waals surface area (Å²) in [4.78, 5) is 18.2. The molecule has 4 rings (SSSR count). The number of rotatable bonds is 7. The molecule has 11 heteroatoms. The Morgan fingerprint density at radius 1 is 1.11 bits per heavy atom. The lowest BCUT2D eigenvalue weighted by atomic mass is 10.1. The largest absolute Gasteiger partial charge is 0.465 e. The minimum absolute atomic E-state index is 0.204. The molecule has 0 aliphatic carbocycles. The summed E-state index contributed by atoms with van der Waals surface area (Å²) in [6.45, 7) is 5.37. The van der Waals surface area contributed by atoms with Crippen LogP contribution >= 0.6 is 23.4 Å². The highest BCUT2D eigenvalue weighted by atomic mass is 35.5. The Morgan fingerprint density at radius 3 is 2.56 bits per heavy atom. The zero-order valence-electron chi connectivity index (χ0n) is 19.7. The Hall–Kier alpha value is -3.21. The minimum atomic E-state index is -4.02. The topological polar surface area (TPSA) is 113 Å². The van der Waals surface area contributed by atoms with E-state index in [1.54, 1.807) is 75.4 Å². The first-order valence-corrected chi connectivity index (χ1v) is 13.7. The highest BCUT2D eigenvalue weighted by molar-refractivity contribution is 7.98. The molecule has 1 amide bonds. The van der Waals surface area contributed by atoms with Gasteiger partial charge in [0.2, 0.25) is 5.09 Å². The minimum Gasteiger partial charge on any atom is -0.465 e. The number of benzene rings is 2. The quantitative estimate of drug-likeness (QED) is 0.244. The SMILES string of the molecule is CC(C)(C)N(C(=O)O)c1cccc(CSc2ccc(Cl)cc2NS(=O)(=O)c2cc3ccccc3o2)n1. The molecule has 0 aliphatic heterocycles. The maximum Gasteiger partial charge on any atom is 0.413 e. The second-order valence-electron chi connectivity index (χ2n) is 8.91. The Morgan fingerprint density at radius 2 is 1.86 bits per heavy atom. The van der Waals surface area contributed by atoms with E-state index in [0.717, 1.165) is 0 Å². The molecular formula is C25H24ClN3O5S2. The number of carbonyl (C=O) groups is 1. The Kier molecular flexibility index (Phi) is 7.21. The van der Waals surface area contributed by atoms with E-state index >= 15 is 0 Å². The van der Waals surface area contributed by atoms with Gasteiger partial charge >= 0.3 is 6.09 Å². The molecule has 0 spiro atoms. The number of thioether (sulfide) groups is 1. The van der Waals surface area contributed by atoms with Crippen LogP contribution in [0.25, 0.3) is 11.0 Å². The monoisotopic (exact) mass is 545 g/mol. The standard InChI is InChI=1S/C25H24ClN3O5S2/c1-25(2,3)29(24(30)31)22-10-6-8-18(27-22)15-35-21-12-11-17(26)14-19(21)28-36(32,33)23-13-16-7-4-5-9-20(16)34-23/h4-14,28H,15H2,1-3H3,(H,30,31). The number of anilines is 2. The van der Waals surface area contributed by atoms with Gasteiger partial charge in [-0.2, -0.15) is 8.42 Å². The third-order valence-corrected chi connectivity index (χ3v) is 7.67. The molecule has 0 fully saturated rings. The van der Waals surface area contributed by atoms with Crippen LogP contribution in [0.15, 0.2) is 81.1 Å². The number of pyridine rings is 1. The molecule has 0 atom stereocenters. The van der Waals surface area contributed by atoms with Crippen LogP contribution in [-0.2, 0) is 15.8 Å². The number of para-hydroxylation sites is 1.